The summed E-state index contributed by atoms with van der Waals surface area (Å²) in [5.74, 6) is 0.262. The van der Waals surface area contributed by atoms with E-state index in [4.69, 9.17) is 5.11 Å². The Morgan fingerprint density at radius 1 is 1.58 bits per heavy atom. The molecule has 0 radical (unpaired) electrons. The van der Waals surface area contributed by atoms with Gasteiger partial charge < -0.3 is 10.4 Å². The summed E-state index contributed by atoms with van der Waals surface area (Å²) in [5.41, 5.74) is 2.54. The van der Waals surface area contributed by atoms with Crippen LogP contribution in [0.3, 0.4) is 0 Å². The third-order valence-electron chi connectivity index (χ3n) is 3.75. The van der Waals surface area contributed by atoms with Crippen LogP contribution in [-0.4, -0.2) is 33.3 Å². The van der Waals surface area contributed by atoms with E-state index in [9.17, 15) is 4.79 Å². The number of hydrogen-bond acceptors (Lipinski definition) is 3. The number of carbonyl (C=O) groups is 1. The zero-order valence-electron chi connectivity index (χ0n) is 10.8. The molecule has 1 aliphatic rings. The molecule has 2 heterocycles. The van der Waals surface area contributed by atoms with Crippen LogP contribution >= 0.6 is 0 Å². The van der Waals surface area contributed by atoms with Crippen LogP contribution in [0, 0.1) is 12.8 Å². The molecule has 0 saturated heterocycles. The van der Waals surface area contributed by atoms with Crippen molar-refractivity contribution < 1.29 is 9.90 Å². The second-order valence-electron chi connectivity index (χ2n) is 5.28. The van der Waals surface area contributed by atoms with Crippen molar-refractivity contribution in [2.45, 2.75) is 25.8 Å². The topological polar surface area (TPSA) is 66.6 Å². The maximum atomic E-state index is 12.2. The highest BCUT2D eigenvalue weighted by atomic mass is 16.3. The Labute approximate surface area is 111 Å². The number of aromatic nitrogens is 2. The van der Waals surface area contributed by atoms with Crippen molar-refractivity contribution in [1.29, 1.82) is 0 Å². The summed E-state index contributed by atoms with van der Waals surface area (Å²) in [6.45, 7) is 2.20. The van der Waals surface area contributed by atoms with Gasteiger partial charge in [0.2, 0.25) is 0 Å². The van der Waals surface area contributed by atoms with Crippen molar-refractivity contribution >= 4 is 11.4 Å². The molecule has 100 valence electrons. The summed E-state index contributed by atoms with van der Waals surface area (Å²) in [6.07, 6.45) is 5.18. The average Bonchev–Trinajstić information content (AvgIpc) is 2.75. The standard InChI is InChI=1S/C14H17N3O2/c1-9-2-3-17-13(4-9)12(7-15-17)14(19)16-11-5-10(6-11)8-18/h2-4,7,10-11,18H,5-6,8H2,1H3,(H,16,19). The van der Waals surface area contributed by atoms with Crippen LogP contribution in [-0.2, 0) is 0 Å². The van der Waals surface area contributed by atoms with E-state index >= 15 is 0 Å². The molecule has 2 aromatic rings. The van der Waals surface area contributed by atoms with E-state index in [-0.39, 0.29) is 18.6 Å². The van der Waals surface area contributed by atoms with E-state index < -0.39 is 0 Å². The molecule has 0 aliphatic heterocycles. The first-order valence-corrected chi connectivity index (χ1v) is 6.53. The maximum absolute atomic E-state index is 12.2. The highest BCUT2D eigenvalue weighted by Crippen LogP contribution is 2.27. The fourth-order valence-electron chi connectivity index (χ4n) is 2.53. The molecule has 0 aromatic carbocycles. The molecule has 2 N–H and O–H groups in total. The lowest BCUT2D eigenvalue weighted by Crippen LogP contribution is -2.45. The summed E-state index contributed by atoms with van der Waals surface area (Å²) in [4.78, 5) is 12.2. The number of rotatable bonds is 3. The Balaban J connectivity index is 1.77. The molecule has 2 aromatic heterocycles. The van der Waals surface area contributed by atoms with Gasteiger partial charge in [0.1, 0.15) is 0 Å². The van der Waals surface area contributed by atoms with Crippen molar-refractivity contribution in [3.05, 3.63) is 35.7 Å². The quantitative estimate of drug-likeness (QED) is 0.868. The highest BCUT2D eigenvalue weighted by Gasteiger charge is 2.30. The predicted octanol–water partition coefficient (Wildman–Crippen LogP) is 1.14. The van der Waals surface area contributed by atoms with Gasteiger partial charge in [-0.1, -0.05) is 0 Å². The van der Waals surface area contributed by atoms with Gasteiger partial charge in [-0.2, -0.15) is 5.10 Å². The number of nitrogens with one attached hydrogen (secondary N) is 1. The van der Waals surface area contributed by atoms with E-state index in [1.807, 2.05) is 25.3 Å². The Morgan fingerprint density at radius 2 is 2.37 bits per heavy atom. The Hall–Kier alpha value is -1.88. The minimum atomic E-state index is -0.0815. The molecule has 0 bridgehead atoms. The SMILES string of the molecule is Cc1ccn2ncc(C(=O)NC3CC(CO)C3)c2c1. The lowest BCUT2D eigenvalue weighted by molar-refractivity contribution is 0.0834. The smallest absolute Gasteiger partial charge is 0.255 e. The molecule has 0 atom stereocenters. The van der Waals surface area contributed by atoms with E-state index in [2.05, 4.69) is 10.4 Å². The van der Waals surface area contributed by atoms with Crippen molar-refractivity contribution in [3.63, 3.8) is 0 Å². The Bertz CT molecular complexity index is 614. The number of nitrogens with zero attached hydrogens (tertiary/aromatic N) is 2. The number of aliphatic hydroxyl groups excluding tert-OH is 1. The predicted molar refractivity (Wildman–Crippen MR) is 71.0 cm³/mol. The summed E-state index contributed by atoms with van der Waals surface area (Å²) >= 11 is 0. The Morgan fingerprint density at radius 3 is 3.11 bits per heavy atom. The van der Waals surface area contributed by atoms with Gasteiger partial charge in [-0.25, -0.2) is 4.52 Å². The van der Waals surface area contributed by atoms with E-state index in [1.54, 1.807) is 10.7 Å². The highest BCUT2D eigenvalue weighted by molar-refractivity contribution is 6.00. The van der Waals surface area contributed by atoms with Crippen molar-refractivity contribution in [1.82, 2.24) is 14.9 Å². The zero-order chi connectivity index (χ0) is 13.4. The molecule has 3 rings (SSSR count). The summed E-state index contributed by atoms with van der Waals surface area (Å²) in [7, 11) is 0. The van der Waals surface area contributed by atoms with Crippen molar-refractivity contribution in [2.24, 2.45) is 5.92 Å². The number of fused-ring (bicyclic) bond motifs is 1. The third-order valence-corrected chi connectivity index (χ3v) is 3.75. The van der Waals surface area contributed by atoms with E-state index in [0.29, 0.717) is 11.5 Å². The van der Waals surface area contributed by atoms with Crippen molar-refractivity contribution in [3.8, 4) is 0 Å². The van der Waals surface area contributed by atoms with E-state index in [0.717, 1.165) is 23.9 Å². The number of carbonyl (C=O) groups excluding carboxylic acids is 1. The minimum Gasteiger partial charge on any atom is -0.396 e. The van der Waals surface area contributed by atoms with Crippen LogP contribution < -0.4 is 5.32 Å². The second kappa shape index (κ2) is 4.66. The fraction of sp³-hybridized carbons (Fsp3) is 0.429. The molecule has 0 unspecified atom stereocenters. The lowest BCUT2D eigenvalue weighted by Gasteiger charge is -2.34. The van der Waals surface area contributed by atoms with Crippen LogP contribution in [0.4, 0.5) is 0 Å². The van der Waals surface area contributed by atoms with Gasteiger partial charge in [-0.15, -0.1) is 0 Å². The Kier molecular flexibility index (Phi) is 2.98. The van der Waals surface area contributed by atoms with E-state index in [1.165, 1.54) is 0 Å². The van der Waals surface area contributed by atoms with Crippen molar-refractivity contribution in [2.75, 3.05) is 6.61 Å². The van der Waals surface area contributed by atoms with Gasteiger partial charge in [0.05, 0.1) is 17.3 Å². The van der Waals surface area contributed by atoms with Crippen LogP contribution in [0.15, 0.2) is 24.5 Å². The third kappa shape index (κ3) is 2.21. The number of aryl methyl sites for hydroxylation is 1. The molecule has 1 saturated carbocycles. The molecule has 1 aliphatic carbocycles. The number of aliphatic hydroxyl groups is 1. The van der Waals surface area contributed by atoms with Gasteiger partial charge in [0, 0.05) is 18.8 Å². The van der Waals surface area contributed by atoms with Gasteiger partial charge in [-0.3, -0.25) is 4.79 Å². The summed E-state index contributed by atoms with van der Waals surface area (Å²) in [5, 5.41) is 16.1. The number of amides is 1. The minimum absolute atomic E-state index is 0.0815. The molecule has 5 heteroatoms. The maximum Gasteiger partial charge on any atom is 0.255 e. The monoisotopic (exact) mass is 259 g/mol. The summed E-state index contributed by atoms with van der Waals surface area (Å²) in [6, 6.07) is 4.10. The lowest BCUT2D eigenvalue weighted by atomic mass is 9.81. The van der Waals surface area contributed by atoms with Gasteiger partial charge in [0.25, 0.3) is 5.91 Å². The molecular formula is C14H17N3O2. The average molecular weight is 259 g/mol. The molecule has 0 spiro atoms. The molecule has 1 amide bonds. The molecule has 19 heavy (non-hydrogen) atoms. The molecule has 1 fully saturated rings. The van der Waals surface area contributed by atoms with Crippen LogP contribution in [0.5, 0.6) is 0 Å². The second-order valence-corrected chi connectivity index (χ2v) is 5.28. The van der Waals surface area contributed by atoms with Gasteiger partial charge in [0.15, 0.2) is 0 Å². The van der Waals surface area contributed by atoms with Gasteiger partial charge >= 0.3 is 0 Å². The first-order valence-electron chi connectivity index (χ1n) is 6.53. The fourth-order valence-corrected chi connectivity index (χ4v) is 2.53. The first-order chi connectivity index (χ1) is 9.17. The normalized spacial score (nSPS) is 22.2. The first kappa shape index (κ1) is 12.2. The van der Waals surface area contributed by atoms with Crippen LogP contribution in [0.1, 0.15) is 28.8 Å². The van der Waals surface area contributed by atoms with Crippen LogP contribution in [0.25, 0.3) is 5.52 Å². The largest absolute Gasteiger partial charge is 0.396 e. The number of pyridine rings is 1. The zero-order valence-corrected chi connectivity index (χ0v) is 10.8. The molecular weight excluding hydrogens is 242 g/mol. The molecule has 5 nitrogen and oxygen atoms in total. The van der Waals surface area contributed by atoms with Gasteiger partial charge in [-0.05, 0) is 43.4 Å². The summed E-state index contributed by atoms with van der Waals surface area (Å²) < 4.78 is 1.71. The van der Waals surface area contributed by atoms with Crippen LogP contribution in [0.2, 0.25) is 0 Å². The number of hydrogen-bond donors (Lipinski definition) is 2.